The zero-order chi connectivity index (χ0) is 29.7. The minimum Gasteiger partial charge on any atom is -0.309 e. The quantitative estimate of drug-likeness (QED) is 0.193. The van der Waals surface area contributed by atoms with E-state index in [1.807, 2.05) is 0 Å². The topological polar surface area (TPSA) is 4.93 Å². The summed E-state index contributed by atoms with van der Waals surface area (Å²) in [6.07, 6.45) is 0.976. The van der Waals surface area contributed by atoms with Gasteiger partial charge in [-0.1, -0.05) is 146 Å². The molecule has 0 saturated heterocycles. The molecular weight excluding hydrogens is 542 g/mol. The van der Waals surface area contributed by atoms with E-state index < -0.39 is 0 Å². The van der Waals surface area contributed by atoms with Crippen LogP contribution < -0.4 is 0 Å². The van der Waals surface area contributed by atoms with Crippen LogP contribution in [0.15, 0.2) is 170 Å². The van der Waals surface area contributed by atoms with Crippen LogP contribution in [-0.4, -0.2) is 4.57 Å². The van der Waals surface area contributed by atoms with E-state index in [0.29, 0.717) is 5.92 Å². The molecule has 7 aromatic carbocycles. The van der Waals surface area contributed by atoms with Crippen molar-refractivity contribution in [2.45, 2.75) is 12.3 Å². The van der Waals surface area contributed by atoms with Crippen LogP contribution in [0.3, 0.4) is 0 Å². The lowest BCUT2D eigenvalue weighted by molar-refractivity contribution is 0.828. The Morgan fingerprint density at radius 1 is 0.422 bits per heavy atom. The number of para-hydroxylation sites is 1. The summed E-state index contributed by atoms with van der Waals surface area (Å²) < 4.78 is 2.44. The second-order valence-electron chi connectivity index (χ2n) is 12.1. The molecule has 0 N–H and O–H groups in total. The Morgan fingerprint density at radius 2 is 1.00 bits per heavy atom. The second kappa shape index (κ2) is 10.5. The van der Waals surface area contributed by atoms with Crippen molar-refractivity contribution in [2.75, 3.05) is 0 Å². The van der Waals surface area contributed by atoms with Gasteiger partial charge in [-0.25, -0.2) is 0 Å². The molecule has 1 atom stereocenters. The minimum absolute atomic E-state index is 0.315. The van der Waals surface area contributed by atoms with Gasteiger partial charge in [-0.05, 0) is 80.8 Å². The molecule has 8 aromatic rings. The molecule has 1 aliphatic carbocycles. The van der Waals surface area contributed by atoms with Crippen molar-refractivity contribution in [3.8, 4) is 39.1 Å². The van der Waals surface area contributed by atoms with Gasteiger partial charge in [-0.2, -0.15) is 0 Å². The summed E-state index contributed by atoms with van der Waals surface area (Å²) in [5.74, 6) is 0.315. The SMILES string of the molecule is c1ccc(-c2ccc(CC3c4ccccc4-c4c3ccc3c4c4ccccc4n3-c3ccc(-c4ccccc4)cc3)cc2)cc1. The number of nitrogens with zero attached hydrogens (tertiary/aromatic N) is 1. The van der Waals surface area contributed by atoms with Crippen LogP contribution in [0.2, 0.25) is 0 Å². The van der Waals surface area contributed by atoms with Gasteiger partial charge in [-0.3, -0.25) is 0 Å². The van der Waals surface area contributed by atoms with E-state index in [2.05, 4.69) is 174 Å². The van der Waals surface area contributed by atoms with Crippen molar-refractivity contribution >= 4 is 21.8 Å². The normalized spacial score (nSPS) is 13.6. The molecule has 0 radical (unpaired) electrons. The van der Waals surface area contributed by atoms with E-state index in [1.54, 1.807) is 0 Å². The van der Waals surface area contributed by atoms with Crippen LogP contribution in [-0.2, 0) is 6.42 Å². The van der Waals surface area contributed by atoms with Crippen molar-refractivity contribution in [2.24, 2.45) is 0 Å². The van der Waals surface area contributed by atoms with Crippen LogP contribution in [0, 0.1) is 0 Å². The van der Waals surface area contributed by atoms with Crippen molar-refractivity contribution in [1.29, 1.82) is 0 Å². The van der Waals surface area contributed by atoms with E-state index in [0.717, 1.165) is 6.42 Å². The number of fused-ring (bicyclic) bond motifs is 7. The Morgan fingerprint density at radius 3 is 1.71 bits per heavy atom. The largest absolute Gasteiger partial charge is 0.309 e. The van der Waals surface area contributed by atoms with Crippen LogP contribution in [0.1, 0.15) is 22.6 Å². The van der Waals surface area contributed by atoms with Gasteiger partial charge in [-0.15, -0.1) is 0 Å². The molecule has 0 fully saturated rings. The number of hydrogen-bond acceptors (Lipinski definition) is 0. The predicted octanol–water partition coefficient (Wildman–Crippen LogP) is 11.5. The smallest absolute Gasteiger partial charge is 0.0547 e. The van der Waals surface area contributed by atoms with Gasteiger partial charge in [0.15, 0.2) is 0 Å². The standard InChI is InChI=1S/C44H31N/c1-3-11-31(12-4-1)33-21-19-30(20-22-33)29-40-36-15-7-8-16-37(36)43-38(40)27-28-42-44(43)39-17-9-10-18-41(39)45(42)35-25-23-34(24-26-35)32-13-5-2-6-14-32/h1-28,40H,29H2. The molecule has 0 aliphatic heterocycles. The highest BCUT2D eigenvalue weighted by molar-refractivity contribution is 6.17. The van der Waals surface area contributed by atoms with Crippen molar-refractivity contribution in [3.05, 3.63) is 187 Å². The van der Waals surface area contributed by atoms with Crippen LogP contribution in [0.4, 0.5) is 0 Å². The van der Waals surface area contributed by atoms with Gasteiger partial charge in [0, 0.05) is 22.4 Å². The van der Waals surface area contributed by atoms with Gasteiger partial charge in [0.25, 0.3) is 0 Å². The molecule has 0 amide bonds. The maximum atomic E-state index is 2.44. The van der Waals surface area contributed by atoms with Crippen molar-refractivity contribution in [1.82, 2.24) is 4.57 Å². The first-order valence-corrected chi connectivity index (χ1v) is 15.8. The summed E-state index contributed by atoms with van der Waals surface area (Å²) in [5, 5.41) is 2.66. The molecule has 1 aromatic heterocycles. The first kappa shape index (κ1) is 25.8. The molecule has 1 heteroatoms. The number of hydrogen-bond donors (Lipinski definition) is 0. The fourth-order valence-corrected chi connectivity index (χ4v) is 7.48. The van der Waals surface area contributed by atoms with Crippen LogP contribution >= 0.6 is 0 Å². The molecule has 212 valence electrons. The number of aromatic nitrogens is 1. The molecule has 0 saturated carbocycles. The molecule has 0 spiro atoms. The molecule has 1 nitrogen and oxygen atoms in total. The highest BCUT2D eigenvalue weighted by Gasteiger charge is 2.31. The zero-order valence-corrected chi connectivity index (χ0v) is 24.9. The van der Waals surface area contributed by atoms with E-state index in [-0.39, 0.29) is 0 Å². The second-order valence-corrected chi connectivity index (χ2v) is 12.1. The summed E-state index contributed by atoms with van der Waals surface area (Å²) in [4.78, 5) is 0. The monoisotopic (exact) mass is 573 g/mol. The highest BCUT2D eigenvalue weighted by Crippen LogP contribution is 2.51. The van der Waals surface area contributed by atoms with Crippen molar-refractivity contribution < 1.29 is 0 Å². The van der Waals surface area contributed by atoms with Gasteiger partial charge in [0.05, 0.1) is 11.0 Å². The Bertz CT molecular complexity index is 2310. The third kappa shape index (κ3) is 4.24. The minimum atomic E-state index is 0.315. The lowest BCUT2D eigenvalue weighted by Gasteiger charge is -2.15. The number of benzene rings is 7. The van der Waals surface area contributed by atoms with Gasteiger partial charge >= 0.3 is 0 Å². The maximum Gasteiger partial charge on any atom is 0.0547 e. The fraction of sp³-hybridized carbons (Fsp3) is 0.0455. The van der Waals surface area contributed by atoms with E-state index in [4.69, 9.17) is 0 Å². The van der Waals surface area contributed by atoms with E-state index >= 15 is 0 Å². The number of rotatable bonds is 5. The maximum absolute atomic E-state index is 2.44. The predicted molar refractivity (Wildman–Crippen MR) is 189 cm³/mol. The summed E-state index contributed by atoms with van der Waals surface area (Å²) in [6.45, 7) is 0. The average Bonchev–Trinajstić information content (AvgIpc) is 3.62. The molecule has 1 heterocycles. The third-order valence-electron chi connectivity index (χ3n) is 9.59. The average molecular weight is 574 g/mol. The molecule has 0 bridgehead atoms. The fourth-order valence-electron chi connectivity index (χ4n) is 7.48. The Labute approximate surface area is 263 Å². The van der Waals surface area contributed by atoms with Crippen molar-refractivity contribution in [3.63, 3.8) is 0 Å². The van der Waals surface area contributed by atoms with E-state index in [1.165, 1.54) is 77.6 Å². The first-order valence-electron chi connectivity index (χ1n) is 15.8. The molecule has 9 rings (SSSR count). The van der Waals surface area contributed by atoms with E-state index in [9.17, 15) is 0 Å². The summed E-state index contributed by atoms with van der Waals surface area (Å²) in [7, 11) is 0. The third-order valence-corrected chi connectivity index (χ3v) is 9.59. The zero-order valence-electron chi connectivity index (χ0n) is 24.9. The Hall–Kier alpha value is -5.66. The highest BCUT2D eigenvalue weighted by atomic mass is 15.0. The summed E-state index contributed by atoms with van der Waals surface area (Å²) >= 11 is 0. The Kier molecular flexibility index (Phi) is 6.02. The van der Waals surface area contributed by atoms with Crippen LogP contribution in [0.5, 0.6) is 0 Å². The summed E-state index contributed by atoms with van der Waals surface area (Å²) in [5.41, 5.74) is 15.6. The molecule has 1 aliphatic rings. The van der Waals surface area contributed by atoms with Gasteiger partial charge in [0.2, 0.25) is 0 Å². The van der Waals surface area contributed by atoms with Gasteiger partial charge in [0.1, 0.15) is 0 Å². The lowest BCUT2D eigenvalue weighted by Crippen LogP contribution is -2.01. The Balaban J connectivity index is 1.18. The molecular formula is C44H31N. The molecule has 1 unspecified atom stereocenters. The van der Waals surface area contributed by atoms with Gasteiger partial charge < -0.3 is 4.57 Å². The van der Waals surface area contributed by atoms with Crippen LogP contribution in [0.25, 0.3) is 60.9 Å². The lowest BCUT2D eigenvalue weighted by atomic mass is 9.89. The first-order chi connectivity index (χ1) is 22.3. The summed E-state index contributed by atoms with van der Waals surface area (Å²) in [6, 6.07) is 62.1. The molecule has 45 heavy (non-hydrogen) atoms.